The molecule has 0 spiro atoms. The van der Waals surface area contributed by atoms with Crippen LogP contribution in [0.3, 0.4) is 0 Å². The predicted molar refractivity (Wildman–Crippen MR) is 36.6 cm³/mol. The number of ether oxygens (including phenoxy) is 1. The normalized spacial score (nSPS) is 24.9. The Kier molecular flexibility index (Phi) is 2.06. The van der Waals surface area contributed by atoms with Crippen molar-refractivity contribution < 1.29 is 9.53 Å². The Balaban J connectivity index is 2.44. The summed E-state index contributed by atoms with van der Waals surface area (Å²) < 4.78 is 4.51. The minimum Gasteiger partial charge on any atom is -0.468 e. The Morgan fingerprint density at radius 1 is 1.90 bits per heavy atom. The maximum absolute atomic E-state index is 10.8. The van der Waals surface area contributed by atoms with E-state index >= 15 is 0 Å². The molecular formula is C7H10NO2. The zero-order chi connectivity index (χ0) is 7.56. The molecular weight excluding hydrogens is 130 g/mol. The molecule has 1 atom stereocenters. The Morgan fingerprint density at radius 2 is 2.60 bits per heavy atom. The topological polar surface area (TPSA) is 40.4 Å². The molecule has 3 nitrogen and oxygen atoms in total. The first-order valence-corrected chi connectivity index (χ1v) is 3.15. The average molecular weight is 140 g/mol. The second kappa shape index (κ2) is 2.84. The maximum Gasteiger partial charge on any atom is 0.324 e. The summed E-state index contributed by atoms with van der Waals surface area (Å²) in [4.78, 5) is 10.8. The molecule has 1 heterocycles. The first kappa shape index (κ1) is 7.28. The van der Waals surface area contributed by atoms with Crippen molar-refractivity contribution in [3.63, 3.8) is 0 Å². The van der Waals surface area contributed by atoms with E-state index in [1.165, 1.54) is 7.11 Å². The van der Waals surface area contributed by atoms with Crippen LogP contribution in [-0.4, -0.2) is 25.7 Å². The Morgan fingerprint density at radius 3 is 3.00 bits per heavy atom. The Hall–Kier alpha value is -0.830. The summed E-state index contributed by atoms with van der Waals surface area (Å²) in [6, 6.07) is -0.280. The number of rotatable bonds is 1. The van der Waals surface area contributed by atoms with Crippen molar-refractivity contribution in [2.24, 2.45) is 0 Å². The molecule has 0 amide bonds. The van der Waals surface area contributed by atoms with E-state index in [1.807, 2.05) is 0 Å². The van der Waals surface area contributed by atoms with Crippen LogP contribution in [0.2, 0.25) is 0 Å². The number of hydrogen-bond acceptors (Lipinski definition) is 2. The van der Waals surface area contributed by atoms with E-state index in [2.05, 4.69) is 16.6 Å². The summed E-state index contributed by atoms with van der Waals surface area (Å²) in [5, 5.41) is 4.01. The molecule has 0 aliphatic carbocycles. The highest BCUT2D eigenvalue weighted by atomic mass is 16.5. The van der Waals surface area contributed by atoms with Gasteiger partial charge in [0.15, 0.2) is 0 Å². The van der Waals surface area contributed by atoms with Crippen LogP contribution in [0.15, 0.2) is 12.2 Å². The van der Waals surface area contributed by atoms with E-state index in [0.717, 1.165) is 5.57 Å². The fourth-order valence-electron chi connectivity index (χ4n) is 0.936. The number of methoxy groups -OCH3 is 1. The standard InChI is InChI=1S/C7H10NO2/c1-5-3-6(8-4-5)7(9)10-2/h6H,1,3-4H2,2H3/t6-/m0/s1. The molecule has 1 aliphatic rings. The van der Waals surface area contributed by atoms with Gasteiger partial charge in [-0.05, 0) is 6.42 Å². The number of hydrogen-bond donors (Lipinski definition) is 0. The third-order valence-corrected chi connectivity index (χ3v) is 1.49. The van der Waals surface area contributed by atoms with Gasteiger partial charge in [-0.15, -0.1) is 0 Å². The Labute approximate surface area is 60.1 Å². The lowest BCUT2D eigenvalue weighted by Gasteiger charge is -2.03. The highest BCUT2D eigenvalue weighted by molar-refractivity contribution is 5.76. The number of nitrogens with zero attached hydrogens (tertiary/aromatic N) is 1. The van der Waals surface area contributed by atoms with E-state index in [-0.39, 0.29) is 12.0 Å². The van der Waals surface area contributed by atoms with Gasteiger partial charge in [-0.1, -0.05) is 12.2 Å². The molecule has 0 aromatic rings. The summed E-state index contributed by atoms with van der Waals surface area (Å²) in [5.41, 5.74) is 1.01. The van der Waals surface area contributed by atoms with Crippen molar-refractivity contribution in [1.82, 2.24) is 5.32 Å². The molecule has 55 valence electrons. The fourth-order valence-corrected chi connectivity index (χ4v) is 0.936. The zero-order valence-electron chi connectivity index (χ0n) is 5.96. The van der Waals surface area contributed by atoms with Gasteiger partial charge in [0.05, 0.1) is 7.11 Å². The van der Waals surface area contributed by atoms with Crippen molar-refractivity contribution in [2.45, 2.75) is 12.5 Å². The molecule has 1 aliphatic heterocycles. The first-order chi connectivity index (χ1) is 4.74. The van der Waals surface area contributed by atoms with E-state index in [4.69, 9.17) is 0 Å². The van der Waals surface area contributed by atoms with Crippen LogP contribution >= 0.6 is 0 Å². The van der Waals surface area contributed by atoms with Crippen molar-refractivity contribution >= 4 is 5.97 Å². The van der Waals surface area contributed by atoms with Gasteiger partial charge >= 0.3 is 5.97 Å². The third kappa shape index (κ3) is 1.36. The maximum atomic E-state index is 10.8. The van der Waals surface area contributed by atoms with Crippen molar-refractivity contribution in [2.75, 3.05) is 13.7 Å². The quantitative estimate of drug-likeness (QED) is 0.382. The largest absolute Gasteiger partial charge is 0.468 e. The summed E-state index contributed by atoms with van der Waals surface area (Å²) in [7, 11) is 1.37. The molecule has 1 fully saturated rings. The van der Waals surface area contributed by atoms with Gasteiger partial charge in [0, 0.05) is 6.54 Å². The minimum absolute atomic E-state index is 0.251. The van der Waals surface area contributed by atoms with Crippen LogP contribution in [-0.2, 0) is 9.53 Å². The lowest BCUT2D eigenvalue weighted by molar-refractivity contribution is -0.142. The van der Waals surface area contributed by atoms with Gasteiger partial charge in [-0.25, -0.2) is 5.32 Å². The minimum atomic E-state index is -0.280. The van der Waals surface area contributed by atoms with Gasteiger partial charge in [-0.3, -0.25) is 4.79 Å². The zero-order valence-corrected chi connectivity index (χ0v) is 5.96. The van der Waals surface area contributed by atoms with Crippen molar-refractivity contribution in [3.05, 3.63) is 12.2 Å². The van der Waals surface area contributed by atoms with Crippen LogP contribution in [0.4, 0.5) is 0 Å². The molecule has 1 saturated heterocycles. The van der Waals surface area contributed by atoms with Crippen LogP contribution in [0.25, 0.3) is 0 Å². The molecule has 0 aromatic carbocycles. The van der Waals surface area contributed by atoms with Crippen LogP contribution < -0.4 is 5.32 Å². The SMILES string of the molecule is C=C1C[N][C@H](C(=O)OC)C1. The van der Waals surface area contributed by atoms with Gasteiger partial charge in [0.1, 0.15) is 6.04 Å². The van der Waals surface area contributed by atoms with Gasteiger partial charge in [-0.2, -0.15) is 0 Å². The molecule has 0 bridgehead atoms. The lowest BCUT2D eigenvalue weighted by atomic mass is 10.2. The molecule has 1 radical (unpaired) electrons. The second-order valence-electron chi connectivity index (χ2n) is 2.33. The van der Waals surface area contributed by atoms with E-state index in [1.54, 1.807) is 0 Å². The van der Waals surface area contributed by atoms with Crippen LogP contribution in [0, 0.1) is 0 Å². The predicted octanol–water partition coefficient (Wildman–Crippen LogP) is 0.0923. The summed E-state index contributed by atoms with van der Waals surface area (Å²) in [6.07, 6.45) is 0.659. The molecule has 0 N–H and O–H groups in total. The molecule has 0 saturated carbocycles. The van der Waals surface area contributed by atoms with E-state index in [9.17, 15) is 4.79 Å². The summed E-state index contributed by atoms with van der Waals surface area (Å²) >= 11 is 0. The molecule has 3 heteroatoms. The van der Waals surface area contributed by atoms with Crippen LogP contribution in [0.1, 0.15) is 6.42 Å². The fraction of sp³-hybridized carbons (Fsp3) is 0.571. The van der Waals surface area contributed by atoms with E-state index < -0.39 is 0 Å². The average Bonchev–Trinajstić information content (AvgIpc) is 2.34. The summed E-state index contributed by atoms with van der Waals surface area (Å²) in [6.45, 7) is 4.33. The third-order valence-electron chi connectivity index (χ3n) is 1.49. The highest BCUT2D eigenvalue weighted by Crippen LogP contribution is 2.12. The first-order valence-electron chi connectivity index (χ1n) is 3.15. The van der Waals surface area contributed by atoms with Gasteiger partial charge in [0.25, 0.3) is 0 Å². The van der Waals surface area contributed by atoms with E-state index in [0.29, 0.717) is 13.0 Å². The summed E-state index contributed by atoms with van der Waals surface area (Å²) in [5.74, 6) is -0.251. The molecule has 0 aromatic heterocycles. The van der Waals surface area contributed by atoms with Crippen molar-refractivity contribution in [1.29, 1.82) is 0 Å². The molecule has 1 rings (SSSR count). The Bertz CT molecular complexity index is 165. The smallest absolute Gasteiger partial charge is 0.324 e. The second-order valence-corrected chi connectivity index (χ2v) is 2.33. The number of esters is 1. The van der Waals surface area contributed by atoms with Crippen LogP contribution in [0.5, 0.6) is 0 Å². The number of carbonyl (C=O) groups is 1. The van der Waals surface area contributed by atoms with Gasteiger partial charge in [0.2, 0.25) is 0 Å². The highest BCUT2D eigenvalue weighted by Gasteiger charge is 2.25. The number of carbonyl (C=O) groups excluding carboxylic acids is 1. The molecule has 10 heavy (non-hydrogen) atoms. The monoisotopic (exact) mass is 140 g/mol. The van der Waals surface area contributed by atoms with Gasteiger partial charge < -0.3 is 4.74 Å². The van der Waals surface area contributed by atoms with Crippen molar-refractivity contribution in [3.8, 4) is 0 Å². The lowest BCUT2D eigenvalue weighted by Crippen LogP contribution is -2.26. The molecule has 0 unspecified atom stereocenters.